The van der Waals surface area contributed by atoms with Crippen LogP contribution in [0.25, 0.3) is 17.0 Å². The molecule has 0 aliphatic carbocycles. The summed E-state index contributed by atoms with van der Waals surface area (Å²) in [5.74, 6) is 1.84. The van der Waals surface area contributed by atoms with Gasteiger partial charge in [-0.2, -0.15) is 4.98 Å². The maximum atomic E-state index is 5.80. The van der Waals surface area contributed by atoms with Gasteiger partial charge in [0.2, 0.25) is 5.82 Å². The molecule has 1 unspecified atom stereocenters. The van der Waals surface area contributed by atoms with E-state index in [4.69, 9.17) is 26.5 Å². The summed E-state index contributed by atoms with van der Waals surface area (Å²) >= 11 is 5.70. The lowest BCUT2D eigenvalue weighted by molar-refractivity contribution is 0.396. The highest BCUT2D eigenvalue weighted by molar-refractivity contribution is 7.80. The first-order chi connectivity index (χ1) is 15.5. The lowest BCUT2D eigenvalue weighted by Gasteiger charge is -2.37. The van der Waals surface area contributed by atoms with Crippen LogP contribution in [-0.2, 0) is 6.42 Å². The molecular formula is C25H28N4O2S. The maximum absolute atomic E-state index is 5.80. The number of allylic oxidation sites excluding steroid dienone is 1. The van der Waals surface area contributed by atoms with Crippen LogP contribution in [0.15, 0.2) is 58.8 Å². The molecule has 1 atom stereocenters. The van der Waals surface area contributed by atoms with E-state index in [0.717, 1.165) is 47.5 Å². The predicted octanol–water partition coefficient (Wildman–Crippen LogP) is 5.38. The first-order valence-electron chi connectivity index (χ1n) is 10.9. The lowest BCUT2D eigenvalue weighted by Crippen LogP contribution is -2.46. The van der Waals surface area contributed by atoms with Crippen molar-refractivity contribution in [2.75, 3.05) is 13.7 Å². The van der Waals surface area contributed by atoms with E-state index in [9.17, 15) is 0 Å². The van der Waals surface area contributed by atoms with Gasteiger partial charge in [-0.15, -0.1) is 0 Å². The van der Waals surface area contributed by atoms with E-state index in [-0.39, 0.29) is 6.04 Å². The predicted molar refractivity (Wildman–Crippen MR) is 130 cm³/mol. The largest absolute Gasteiger partial charge is 0.497 e. The quantitative estimate of drug-likeness (QED) is 0.487. The number of nitrogens with one attached hydrogen (secondary N) is 1. The number of hydrogen-bond donors (Lipinski definition) is 1. The van der Waals surface area contributed by atoms with Gasteiger partial charge >= 0.3 is 0 Å². The number of thiocarbonyl (C=S) groups is 1. The van der Waals surface area contributed by atoms with E-state index in [1.165, 1.54) is 5.56 Å². The zero-order valence-electron chi connectivity index (χ0n) is 18.9. The van der Waals surface area contributed by atoms with Crippen molar-refractivity contribution in [3.63, 3.8) is 0 Å². The van der Waals surface area contributed by atoms with Gasteiger partial charge in [0.25, 0.3) is 5.89 Å². The molecule has 0 radical (unpaired) electrons. The van der Waals surface area contributed by atoms with Crippen molar-refractivity contribution in [3.8, 4) is 17.1 Å². The summed E-state index contributed by atoms with van der Waals surface area (Å²) in [6.45, 7) is 7.14. The molecule has 0 bridgehead atoms. The molecule has 2 heterocycles. The number of nitrogens with zero attached hydrogens (tertiary/aromatic N) is 3. The highest BCUT2D eigenvalue weighted by Gasteiger charge is 2.34. The summed E-state index contributed by atoms with van der Waals surface area (Å²) in [6.07, 6.45) is 1.96. The molecule has 1 aliphatic rings. The summed E-state index contributed by atoms with van der Waals surface area (Å²) in [4.78, 5) is 6.87. The van der Waals surface area contributed by atoms with E-state index in [1.807, 2.05) is 36.4 Å². The molecule has 0 fully saturated rings. The number of rotatable bonds is 7. The van der Waals surface area contributed by atoms with E-state index in [2.05, 4.69) is 48.3 Å². The molecule has 3 aromatic rings. The van der Waals surface area contributed by atoms with Crippen LogP contribution in [0.3, 0.4) is 0 Å². The normalized spacial score (nSPS) is 16.3. The zero-order valence-corrected chi connectivity index (χ0v) is 19.7. The Morgan fingerprint density at radius 2 is 1.94 bits per heavy atom. The van der Waals surface area contributed by atoms with Gasteiger partial charge in [-0.05, 0) is 55.2 Å². The number of aryl methyl sites for hydroxylation is 1. The maximum Gasteiger partial charge on any atom is 0.258 e. The van der Waals surface area contributed by atoms with Crippen LogP contribution >= 0.6 is 12.2 Å². The van der Waals surface area contributed by atoms with Gasteiger partial charge < -0.3 is 19.5 Å². The van der Waals surface area contributed by atoms with Gasteiger partial charge in [-0.1, -0.05) is 55.4 Å². The highest BCUT2D eigenvalue weighted by Crippen LogP contribution is 2.38. The second kappa shape index (κ2) is 9.53. The summed E-state index contributed by atoms with van der Waals surface area (Å²) in [5, 5.41) is 8.45. The number of hydrogen-bond acceptors (Lipinski definition) is 5. The molecule has 6 nitrogen and oxygen atoms in total. The van der Waals surface area contributed by atoms with Crippen molar-refractivity contribution in [2.24, 2.45) is 0 Å². The van der Waals surface area contributed by atoms with Crippen LogP contribution < -0.4 is 10.1 Å². The Morgan fingerprint density at radius 1 is 1.16 bits per heavy atom. The van der Waals surface area contributed by atoms with Gasteiger partial charge in [-0.25, -0.2) is 0 Å². The second-order valence-electron chi connectivity index (χ2n) is 7.78. The first kappa shape index (κ1) is 22.0. The fourth-order valence-electron chi connectivity index (χ4n) is 3.96. The van der Waals surface area contributed by atoms with E-state index >= 15 is 0 Å². The molecule has 0 spiro atoms. The van der Waals surface area contributed by atoms with Gasteiger partial charge in [0.1, 0.15) is 5.75 Å². The minimum Gasteiger partial charge on any atom is -0.497 e. The summed E-state index contributed by atoms with van der Waals surface area (Å²) in [7, 11) is 1.66. The molecule has 32 heavy (non-hydrogen) atoms. The SMILES string of the molecule is CCCN1C(=S)NC(c2cccc(OC)c2)C(c2nc(-c3ccc(CC)cc3)no2)=C1C. The molecule has 0 saturated carbocycles. The summed E-state index contributed by atoms with van der Waals surface area (Å²) < 4.78 is 11.2. The minimum atomic E-state index is -0.221. The van der Waals surface area contributed by atoms with E-state index < -0.39 is 0 Å². The summed E-state index contributed by atoms with van der Waals surface area (Å²) in [5.41, 5.74) is 5.15. The second-order valence-corrected chi connectivity index (χ2v) is 8.17. The molecule has 0 saturated heterocycles. The van der Waals surface area contributed by atoms with Crippen molar-refractivity contribution < 1.29 is 9.26 Å². The van der Waals surface area contributed by atoms with Gasteiger partial charge in [0.05, 0.1) is 18.7 Å². The van der Waals surface area contributed by atoms with Crippen molar-refractivity contribution in [3.05, 3.63) is 71.2 Å². The first-order valence-corrected chi connectivity index (χ1v) is 11.3. The Hall–Kier alpha value is -3.19. The average Bonchev–Trinajstić information content (AvgIpc) is 3.31. The third-order valence-corrected chi connectivity index (χ3v) is 6.09. The standard InChI is InChI=1S/C25H28N4O2S/c1-5-14-29-16(3)21(22(26-25(29)32)19-8-7-9-20(15-19)30-4)24-27-23(28-31-24)18-12-10-17(6-2)11-13-18/h7-13,15,22H,5-6,14H2,1-4H3,(H,26,32). The number of ether oxygens (including phenoxy) is 1. The Labute approximate surface area is 194 Å². The summed E-state index contributed by atoms with van der Waals surface area (Å²) in [6, 6.07) is 16.0. The Balaban J connectivity index is 1.79. The monoisotopic (exact) mass is 448 g/mol. The molecule has 1 aliphatic heterocycles. The molecule has 2 aromatic carbocycles. The van der Waals surface area contributed by atoms with Crippen molar-refractivity contribution in [2.45, 2.75) is 39.7 Å². The van der Waals surface area contributed by atoms with Gasteiger partial charge in [0.15, 0.2) is 5.11 Å². The van der Waals surface area contributed by atoms with Gasteiger partial charge in [0, 0.05) is 17.8 Å². The Bertz CT molecular complexity index is 1140. The Kier molecular flexibility index (Phi) is 6.55. The third kappa shape index (κ3) is 4.25. The molecular weight excluding hydrogens is 420 g/mol. The van der Waals surface area contributed by atoms with Crippen LogP contribution in [-0.4, -0.2) is 33.8 Å². The van der Waals surface area contributed by atoms with Gasteiger partial charge in [-0.3, -0.25) is 0 Å². The lowest BCUT2D eigenvalue weighted by atomic mass is 9.94. The highest BCUT2D eigenvalue weighted by atomic mass is 32.1. The van der Waals surface area contributed by atoms with E-state index in [1.54, 1.807) is 7.11 Å². The minimum absolute atomic E-state index is 0.221. The molecule has 0 amide bonds. The van der Waals surface area contributed by atoms with Crippen LogP contribution in [0.1, 0.15) is 50.3 Å². The third-order valence-electron chi connectivity index (χ3n) is 5.75. The fraction of sp³-hybridized carbons (Fsp3) is 0.320. The van der Waals surface area contributed by atoms with Crippen molar-refractivity contribution in [1.29, 1.82) is 0 Å². The molecule has 1 N–H and O–H groups in total. The van der Waals surface area contributed by atoms with Crippen molar-refractivity contribution in [1.82, 2.24) is 20.4 Å². The van der Waals surface area contributed by atoms with Crippen molar-refractivity contribution >= 4 is 22.9 Å². The fourth-order valence-corrected chi connectivity index (χ4v) is 4.31. The molecule has 4 rings (SSSR count). The molecule has 1 aromatic heterocycles. The van der Waals surface area contributed by atoms with Crippen LogP contribution in [0.4, 0.5) is 0 Å². The number of methoxy groups -OCH3 is 1. The smallest absolute Gasteiger partial charge is 0.258 e. The zero-order chi connectivity index (χ0) is 22.7. The van der Waals surface area contributed by atoms with Crippen LogP contribution in [0, 0.1) is 0 Å². The topological polar surface area (TPSA) is 63.4 Å². The van der Waals surface area contributed by atoms with Crippen LogP contribution in [0.2, 0.25) is 0 Å². The van der Waals surface area contributed by atoms with Crippen LogP contribution in [0.5, 0.6) is 5.75 Å². The number of benzene rings is 2. The molecule has 166 valence electrons. The molecule has 7 heteroatoms. The van der Waals surface area contributed by atoms with E-state index in [0.29, 0.717) is 16.8 Å². The number of aromatic nitrogens is 2. The Morgan fingerprint density at radius 3 is 2.62 bits per heavy atom. The average molecular weight is 449 g/mol.